The molecule has 4 nitrogen and oxygen atoms in total. The third kappa shape index (κ3) is 3.94. The van der Waals surface area contributed by atoms with Gasteiger partial charge >= 0.3 is 0 Å². The molecule has 1 aliphatic carbocycles. The lowest BCUT2D eigenvalue weighted by Gasteiger charge is -2.27. The summed E-state index contributed by atoms with van der Waals surface area (Å²) >= 11 is 0. The van der Waals surface area contributed by atoms with E-state index in [1.54, 1.807) is 0 Å². The van der Waals surface area contributed by atoms with Crippen LogP contribution in [0.25, 0.3) is 0 Å². The molecule has 0 unspecified atom stereocenters. The van der Waals surface area contributed by atoms with Crippen LogP contribution < -0.4 is 4.90 Å². The van der Waals surface area contributed by atoms with Crippen molar-refractivity contribution in [1.29, 1.82) is 0 Å². The Morgan fingerprint density at radius 1 is 1.00 bits per heavy atom. The molecule has 1 saturated heterocycles. The fraction of sp³-hybridized carbons (Fsp3) is 0.667. The van der Waals surface area contributed by atoms with E-state index in [-0.39, 0.29) is 11.8 Å². The van der Waals surface area contributed by atoms with Crippen molar-refractivity contribution in [3.63, 3.8) is 0 Å². The number of nitrogens with zero attached hydrogens (tertiary/aromatic N) is 2. The van der Waals surface area contributed by atoms with Crippen LogP contribution in [0.15, 0.2) is 12.1 Å². The number of phenolic OH excluding ortho intramolecular Hbond substituents is 1. The summed E-state index contributed by atoms with van der Waals surface area (Å²) in [5.41, 5.74) is 3.23. The molecule has 1 aliphatic heterocycles. The summed E-state index contributed by atoms with van der Waals surface area (Å²) < 4.78 is 0. The molecule has 1 aromatic carbocycles. The Kier molecular flexibility index (Phi) is 5.26. The Hall–Kier alpha value is -1.71. The number of aromatic hydroxyl groups is 1. The molecular weight excluding hydrogens is 312 g/mol. The van der Waals surface area contributed by atoms with Gasteiger partial charge in [-0.1, -0.05) is 27.7 Å². The van der Waals surface area contributed by atoms with Crippen molar-refractivity contribution in [1.82, 2.24) is 4.90 Å². The van der Waals surface area contributed by atoms with Crippen LogP contribution in [0.5, 0.6) is 5.75 Å². The number of anilines is 1. The van der Waals surface area contributed by atoms with Crippen molar-refractivity contribution in [2.24, 2.45) is 5.92 Å². The fourth-order valence-electron chi connectivity index (χ4n) is 3.71. The summed E-state index contributed by atoms with van der Waals surface area (Å²) in [5.74, 6) is 1.70. The van der Waals surface area contributed by atoms with E-state index >= 15 is 0 Å². The lowest BCUT2D eigenvalue weighted by Crippen LogP contribution is -2.36. The minimum atomic E-state index is 0.289. The van der Waals surface area contributed by atoms with Crippen LogP contribution >= 0.6 is 0 Å². The number of hydrogen-bond acceptors (Lipinski definition) is 3. The summed E-state index contributed by atoms with van der Waals surface area (Å²) in [4.78, 5) is 16.8. The number of phenols is 1. The van der Waals surface area contributed by atoms with Gasteiger partial charge in [0.15, 0.2) is 0 Å². The summed E-state index contributed by atoms with van der Waals surface area (Å²) in [6.45, 7) is 12.0. The van der Waals surface area contributed by atoms with E-state index in [1.165, 1.54) is 5.69 Å². The average Bonchev–Trinajstić information content (AvgIpc) is 3.40. The third-order valence-corrected chi connectivity index (χ3v) is 5.50. The van der Waals surface area contributed by atoms with E-state index in [4.69, 9.17) is 0 Å². The Bertz CT molecular complexity index is 606. The highest BCUT2D eigenvalue weighted by Crippen LogP contribution is 2.38. The van der Waals surface area contributed by atoms with Crippen LogP contribution in [0.1, 0.15) is 69.9 Å². The Labute approximate surface area is 151 Å². The van der Waals surface area contributed by atoms with E-state index in [1.807, 2.05) is 0 Å². The van der Waals surface area contributed by atoms with Gasteiger partial charge in [0, 0.05) is 37.8 Å². The van der Waals surface area contributed by atoms with Crippen molar-refractivity contribution in [3.8, 4) is 5.75 Å². The van der Waals surface area contributed by atoms with Crippen LogP contribution in [-0.2, 0) is 4.79 Å². The second-order valence-electron chi connectivity index (χ2n) is 8.22. The molecule has 0 aromatic heterocycles. The molecule has 2 fully saturated rings. The molecule has 1 aromatic rings. The van der Waals surface area contributed by atoms with E-state index in [0.29, 0.717) is 17.6 Å². The number of rotatable bonds is 4. The second-order valence-corrected chi connectivity index (χ2v) is 8.22. The highest BCUT2D eigenvalue weighted by atomic mass is 16.3. The average molecular weight is 344 g/mol. The molecule has 0 bridgehead atoms. The molecule has 1 heterocycles. The van der Waals surface area contributed by atoms with Gasteiger partial charge in [-0.3, -0.25) is 4.79 Å². The van der Waals surface area contributed by atoms with Gasteiger partial charge in [0.1, 0.15) is 5.75 Å². The van der Waals surface area contributed by atoms with Crippen molar-refractivity contribution < 1.29 is 9.90 Å². The summed E-state index contributed by atoms with van der Waals surface area (Å²) in [5, 5.41) is 10.6. The summed E-state index contributed by atoms with van der Waals surface area (Å²) in [7, 11) is 0. The van der Waals surface area contributed by atoms with Gasteiger partial charge in [0.05, 0.1) is 0 Å². The first kappa shape index (κ1) is 18.1. The predicted octanol–water partition coefficient (Wildman–Crippen LogP) is 4.09. The third-order valence-electron chi connectivity index (χ3n) is 5.50. The maximum atomic E-state index is 12.4. The molecule has 0 spiro atoms. The summed E-state index contributed by atoms with van der Waals surface area (Å²) in [6, 6.07) is 4.29. The van der Waals surface area contributed by atoms with Gasteiger partial charge in [0.2, 0.25) is 5.91 Å². The second kappa shape index (κ2) is 7.27. The molecule has 1 N–H and O–H groups in total. The molecule has 2 aliphatic rings. The first-order valence-corrected chi connectivity index (χ1v) is 9.79. The minimum absolute atomic E-state index is 0.289. The molecule has 1 saturated carbocycles. The number of amides is 1. The fourth-order valence-corrected chi connectivity index (χ4v) is 3.71. The van der Waals surface area contributed by atoms with Gasteiger partial charge < -0.3 is 14.9 Å². The van der Waals surface area contributed by atoms with Crippen LogP contribution in [0.3, 0.4) is 0 Å². The number of carbonyl (C=O) groups excluding carboxylic acids is 1. The van der Waals surface area contributed by atoms with E-state index < -0.39 is 0 Å². The first-order valence-electron chi connectivity index (χ1n) is 9.79. The lowest BCUT2D eigenvalue weighted by molar-refractivity contribution is -0.132. The first-order chi connectivity index (χ1) is 11.9. The van der Waals surface area contributed by atoms with Gasteiger partial charge in [-0.2, -0.15) is 0 Å². The predicted molar refractivity (Wildman–Crippen MR) is 102 cm³/mol. The van der Waals surface area contributed by atoms with Crippen molar-refractivity contribution in [2.45, 2.75) is 58.8 Å². The largest absolute Gasteiger partial charge is 0.507 e. The molecule has 3 rings (SSSR count). The number of hydrogen-bond donors (Lipinski definition) is 1. The summed E-state index contributed by atoms with van der Waals surface area (Å²) in [6.07, 6.45) is 3.16. The smallest absolute Gasteiger partial charge is 0.225 e. The normalized spacial score (nSPS) is 18.8. The molecule has 1 amide bonds. The van der Waals surface area contributed by atoms with E-state index in [9.17, 15) is 9.90 Å². The zero-order valence-electron chi connectivity index (χ0n) is 16.1. The number of carbonyl (C=O) groups is 1. The molecule has 0 radical (unpaired) electrons. The highest BCUT2D eigenvalue weighted by Gasteiger charge is 2.34. The van der Waals surface area contributed by atoms with Gasteiger partial charge in [-0.05, 0) is 54.4 Å². The standard InChI is InChI=1S/C21H32N2O2/c1-14(2)18-12-17(13-19(15(3)4)20(18)24)22-8-5-9-23(11-10-22)21(25)16-6-7-16/h12-16,24H,5-11H2,1-4H3. The van der Waals surface area contributed by atoms with E-state index in [2.05, 4.69) is 49.6 Å². The van der Waals surface area contributed by atoms with E-state index in [0.717, 1.165) is 56.6 Å². The lowest BCUT2D eigenvalue weighted by atomic mass is 9.93. The topological polar surface area (TPSA) is 43.8 Å². The highest BCUT2D eigenvalue weighted by molar-refractivity contribution is 5.81. The van der Waals surface area contributed by atoms with Crippen molar-refractivity contribution in [2.75, 3.05) is 31.1 Å². The minimum Gasteiger partial charge on any atom is -0.507 e. The SMILES string of the molecule is CC(C)c1cc(N2CCCN(C(=O)C3CC3)CC2)cc(C(C)C)c1O. The zero-order valence-corrected chi connectivity index (χ0v) is 16.1. The Morgan fingerprint density at radius 3 is 2.12 bits per heavy atom. The number of benzene rings is 1. The Morgan fingerprint density at radius 2 is 1.60 bits per heavy atom. The maximum Gasteiger partial charge on any atom is 0.225 e. The van der Waals surface area contributed by atoms with Crippen LogP contribution in [-0.4, -0.2) is 42.1 Å². The molecule has 25 heavy (non-hydrogen) atoms. The van der Waals surface area contributed by atoms with Crippen LogP contribution in [0.4, 0.5) is 5.69 Å². The van der Waals surface area contributed by atoms with Crippen LogP contribution in [0, 0.1) is 5.92 Å². The van der Waals surface area contributed by atoms with Gasteiger partial charge in [-0.15, -0.1) is 0 Å². The van der Waals surface area contributed by atoms with Crippen molar-refractivity contribution in [3.05, 3.63) is 23.3 Å². The maximum absolute atomic E-state index is 12.4. The molecule has 138 valence electrons. The van der Waals surface area contributed by atoms with Gasteiger partial charge in [-0.25, -0.2) is 0 Å². The monoisotopic (exact) mass is 344 g/mol. The van der Waals surface area contributed by atoms with Gasteiger partial charge in [0.25, 0.3) is 0 Å². The molecule has 0 atom stereocenters. The van der Waals surface area contributed by atoms with Crippen molar-refractivity contribution >= 4 is 11.6 Å². The Balaban J connectivity index is 1.81. The van der Waals surface area contributed by atoms with Crippen LogP contribution in [0.2, 0.25) is 0 Å². The molecular formula is C21H32N2O2. The zero-order chi connectivity index (χ0) is 18.1. The molecule has 4 heteroatoms. The quantitative estimate of drug-likeness (QED) is 0.895.